The molecular weight excluding hydrogens is 120 g/mol. The fourth-order valence-electron chi connectivity index (χ4n) is 0.313. The third-order valence-electron chi connectivity index (χ3n) is 0.886. The Hall–Kier alpha value is -1.24. The van der Waals surface area contributed by atoms with Gasteiger partial charge >= 0.3 is 6.09 Å². The van der Waals surface area contributed by atoms with Crippen molar-refractivity contribution in [2.45, 2.75) is 6.42 Å². The van der Waals surface area contributed by atoms with E-state index in [9.17, 15) is 4.79 Å². The lowest BCUT2D eigenvalue weighted by atomic mass is 10.4. The summed E-state index contributed by atoms with van der Waals surface area (Å²) in [4.78, 5) is 11.1. The molecule has 50 valence electrons. The molecule has 0 fully saturated rings. The van der Waals surface area contributed by atoms with Crippen LogP contribution < -0.4 is 0 Å². The molecule has 1 amide bonds. The van der Waals surface area contributed by atoms with Gasteiger partial charge in [-0.25, -0.2) is 4.79 Å². The molecule has 0 aromatic carbocycles. The van der Waals surface area contributed by atoms with Gasteiger partial charge in [0.2, 0.25) is 0 Å². The molecule has 0 rings (SSSR count). The van der Waals surface area contributed by atoms with Crippen LogP contribution in [0.5, 0.6) is 0 Å². The lowest BCUT2D eigenvalue weighted by molar-refractivity contribution is 0.157. The van der Waals surface area contributed by atoms with Gasteiger partial charge in [-0.05, 0) is 0 Å². The number of carboxylic acid groups (broad SMARTS) is 1. The summed E-state index contributed by atoms with van der Waals surface area (Å²) in [6.07, 6.45) is -0.742. The van der Waals surface area contributed by atoms with Crippen molar-refractivity contribution in [3.63, 3.8) is 0 Å². The molecule has 0 spiro atoms. The predicted molar refractivity (Wildman–Crippen MR) is 30.9 cm³/mol. The summed E-state index contributed by atoms with van der Waals surface area (Å²) in [5, 5.41) is 16.3. The van der Waals surface area contributed by atoms with Gasteiger partial charge in [-0.15, -0.1) is 0 Å². The average molecular weight is 128 g/mol. The maximum Gasteiger partial charge on any atom is 0.407 e. The van der Waals surface area contributed by atoms with Crippen LogP contribution in [0.15, 0.2) is 0 Å². The highest BCUT2D eigenvalue weighted by molar-refractivity contribution is 5.64. The molecule has 0 saturated heterocycles. The number of rotatable bonds is 2. The maximum atomic E-state index is 10.0. The van der Waals surface area contributed by atoms with Gasteiger partial charge in [-0.3, -0.25) is 0 Å². The second-order valence-corrected chi connectivity index (χ2v) is 1.61. The van der Waals surface area contributed by atoms with Crippen molar-refractivity contribution in [3.8, 4) is 6.07 Å². The first-order chi connectivity index (χ1) is 4.18. The third-order valence-corrected chi connectivity index (χ3v) is 0.886. The Labute approximate surface area is 53.3 Å². The number of carbonyl (C=O) groups is 1. The number of hydrogen-bond donors (Lipinski definition) is 1. The van der Waals surface area contributed by atoms with Crippen LogP contribution in [-0.4, -0.2) is 29.7 Å². The van der Waals surface area contributed by atoms with Gasteiger partial charge in [0, 0.05) is 13.6 Å². The monoisotopic (exact) mass is 128 g/mol. The summed E-state index contributed by atoms with van der Waals surface area (Å²) in [7, 11) is 1.43. The first kappa shape index (κ1) is 7.76. The van der Waals surface area contributed by atoms with Gasteiger partial charge < -0.3 is 10.0 Å². The summed E-state index contributed by atoms with van der Waals surface area (Å²) >= 11 is 0. The van der Waals surface area contributed by atoms with Crippen LogP contribution in [0.25, 0.3) is 0 Å². The van der Waals surface area contributed by atoms with Crippen molar-refractivity contribution in [1.29, 1.82) is 5.26 Å². The van der Waals surface area contributed by atoms with Crippen LogP contribution in [0.1, 0.15) is 6.42 Å². The van der Waals surface area contributed by atoms with Crippen LogP contribution in [0.4, 0.5) is 4.79 Å². The van der Waals surface area contributed by atoms with Crippen LogP contribution >= 0.6 is 0 Å². The summed E-state index contributed by atoms with van der Waals surface area (Å²) in [6, 6.07) is 1.85. The smallest absolute Gasteiger partial charge is 0.407 e. The second kappa shape index (κ2) is 3.72. The van der Waals surface area contributed by atoms with E-state index in [1.54, 1.807) is 0 Å². The van der Waals surface area contributed by atoms with Crippen molar-refractivity contribution in [2.75, 3.05) is 13.6 Å². The summed E-state index contributed by atoms with van der Waals surface area (Å²) in [6.45, 7) is 0.284. The predicted octanol–water partition coefficient (Wildman–Crippen LogP) is 0.510. The Kier molecular flexibility index (Phi) is 3.21. The molecule has 0 atom stereocenters. The van der Waals surface area contributed by atoms with Crippen LogP contribution in [0.3, 0.4) is 0 Å². The molecule has 0 aliphatic rings. The van der Waals surface area contributed by atoms with E-state index >= 15 is 0 Å². The molecule has 4 heteroatoms. The first-order valence-corrected chi connectivity index (χ1v) is 2.49. The molecule has 0 unspecified atom stereocenters. The topological polar surface area (TPSA) is 64.3 Å². The standard InChI is InChI=1S/C5H8N2O2/c1-7(5(8)9)4-2-3-6/h2,4H2,1H3,(H,8,9). The highest BCUT2D eigenvalue weighted by Gasteiger charge is 2.01. The minimum absolute atomic E-state index is 0.253. The number of hydrogen-bond acceptors (Lipinski definition) is 2. The van der Waals surface area contributed by atoms with Crippen molar-refractivity contribution >= 4 is 6.09 Å². The Morgan fingerprint density at radius 1 is 1.89 bits per heavy atom. The Balaban J connectivity index is 3.41. The third kappa shape index (κ3) is 3.35. The number of amides is 1. The Morgan fingerprint density at radius 3 is 2.78 bits per heavy atom. The average Bonchev–Trinajstić information content (AvgIpc) is 1.82. The van der Waals surface area contributed by atoms with E-state index in [0.29, 0.717) is 0 Å². The fourth-order valence-corrected chi connectivity index (χ4v) is 0.313. The molecule has 9 heavy (non-hydrogen) atoms. The van der Waals surface area contributed by atoms with E-state index in [4.69, 9.17) is 10.4 Å². The highest BCUT2D eigenvalue weighted by Crippen LogP contribution is 1.84. The van der Waals surface area contributed by atoms with Crippen molar-refractivity contribution in [1.82, 2.24) is 4.90 Å². The molecule has 1 N–H and O–H groups in total. The van der Waals surface area contributed by atoms with Crippen molar-refractivity contribution in [3.05, 3.63) is 0 Å². The molecule has 0 heterocycles. The van der Waals surface area contributed by atoms with Gasteiger partial charge in [0.1, 0.15) is 0 Å². The number of nitriles is 1. The minimum atomic E-state index is -0.995. The molecule has 0 bridgehead atoms. The zero-order chi connectivity index (χ0) is 7.28. The number of nitrogens with zero attached hydrogens (tertiary/aromatic N) is 2. The summed E-state index contributed by atoms with van der Waals surface area (Å²) in [5.74, 6) is 0. The molecular formula is C5H8N2O2. The van der Waals surface area contributed by atoms with Gasteiger partial charge in [-0.1, -0.05) is 0 Å². The highest BCUT2D eigenvalue weighted by atomic mass is 16.4. The summed E-state index contributed by atoms with van der Waals surface area (Å²) in [5.41, 5.74) is 0. The molecule has 0 aliphatic carbocycles. The lowest BCUT2D eigenvalue weighted by Crippen LogP contribution is -2.25. The zero-order valence-corrected chi connectivity index (χ0v) is 5.16. The Bertz CT molecular complexity index is 138. The van der Waals surface area contributed by atoms with Crippen LogP contribution in [0, 0.1) is 11.3 Å². The molecule has 0 aliphatic heterocycles. The van der Waals surface area contributed by atoms with Gasteiger partial charge in [0.25, 0.3) is 0 Å². The van der Waals surface area contributed by atoms with E-state index in [1.165, 1.54) is 7.05 Å². The van der Waals surface area contributed by atoms with E-state index in [0.717, 1.165) is 4.90 Å². The molecule has 0 radical (unpaired) electrons. The largest absolute Gasteiger partial charge is 0.465 e. The van der Waals surface area contributed by atoms with Crippen molar-refractivity contribution < 1.29 is 9.90 Å². The van der Waals surface area contributed by atoms with E-state index in [1.807, 2.05) is 6.07 Å². The first-order valence-electron chi connectivity index (χ1n) is 2.49. The van der Waals surface area contributed by atoms with E-state index in [-0.39, 0.29) is 13.0 Å². The van der Waals surface area contributed by atoms with Gasteiger partial charge in [0.15, 0.2) is 0 Å². The molecule has 0 saturated carbocycles. The lowest BCUT2D eigenvalue weighted by Gasteiger charge is -2.08. The molecule has 0 aromatic heterocycles. The Morgan fingerprint density at radius 2 is 2.44 bits per heavy atom. The van der Waals surface area contributed by atoms with E-state index < -0.39 is 6.09 Å². The van der Waals surface area contributed by atoms with Crippen molar-refractivity contribution in [2.24, 2.45) is 0 Å². The molecule has 0 aromatic rings. The van der Waals surface area contributed by atoms with Crippen LogP contribution in [0.2, 0.25) is 0 Å². The SMILES string of the molecule is CN(CCC#N)C(=O)O. The zero-order valence-electron chi connectivity index (χ0n) is 5.16. The van der Waals surface area contributed by atoms with Crippen LogP contribution in [-0.2, 0) is 0 Å². The quantitative estimate of drug-likeness (QED) is 0.589. The molecule has 4 nitrogen and oxygen atoms in total. The fraction of sp³-hybridized carbons (Fsp3) is 0.600. The normalized spacial score (nSPS) is 8.00. The van der Waals surface area contributed by atoms with E-state index in [2.05, 4.69) is 0 Å². The second-order valence-electron chi connectivity index (χ2n) is 1.61. The van der Waals surface area contributed by atoms with Gasteiger partial charge in [-0.2, -0.15) is 5.26 Å². The minimum Gasteiger partial charge on any atom is -0.465 e. The summed E-state index contributed by atoms with van der Waals surface area (Å²) < 4.78 is 0. The van der Waals surface area contributed by atoms with Gasteiger partial charge in [0.05, 0.1) is 12.5 Å². The maximum absolute atomic E-state index is 10.0.